The molecule has 3 aliphatic rings. The van der Waals surface area contributed by atoms with Crippen molar-refractivity contribution in [2.45, 2.75) is 203 Å². The molecule has 3 aliphatic heterocycles. The molecule has 0 radical (unpaired) electrons. The van der Waals surface area contributed by atoms with Gasteiger partial charge < -0.3 is 98.4 Å². The average molecular weight is 1810 g/mol. The van der Waals surface area contributed by atoms with Crippen molar-refractivity contribution in [1.29, 1.82) is 0 Å². The van der Waals surface area contributed by atoms with E-state index in [4.69, 9.17) is 5.73 Å². The predicted molar refractivity (Wildman–Crippen MR) is 487 cm³/mol. The van der Waals surface area contributed by atoms with Gasteiger partial charge in [0.1, 0.15) is 90.0 Å². The number of piperidine rings is 1. The van der Waals surface area contributed by atoms with Gasteiger partial charge in [-0.25, -0.2) is 0 Å². The molecule has 130 heavy (non-hydrogen) atoms. The fourth-order valence-electron chi connectivity index (χ4n) is 16.6. The molecule has 3 saturated heterocycles. The first-order chi connectivity index (χ1) is 62.3. The number of hydrogen-bond acceptors (Lipinski definition) is 19. The van der Waals surface area contributed by atoms with Crippen LogP contribution in [0.25, 0.3) is 10.9 Å². The van der Waals surface area contributed by atoms with Crippen LogP contribution in [0.3, 0.4) is 0 Å². The van der Waals surface area contributed by atoms with Crippen molar-refractivity contribution in [3.05, 3.63) is 203 Å². The summed E-state index contributed by atoms with van der Waals surface area (Å²) < 4.78 is 0. The van der Waals surface area contributed by atoms with Crippen molar-refractivity contribution in [3.8, 4) is 11.5 Å². The van der Waals surface area contributed by atoms with Gasteiger partial charge in [0.25, 0.3) is 0 Å². The summed E-state index contributed by atoms with van der Waals surface area (Å²) in [5.41, 5.74) is 9.37. The number of nitrogens with two attached hydrogens (primary N) is 1. The van der Waals surface area contributed by atoms with E-state index in [-0.39, 0.29) is 100 Å². The number of primary amides is 1. The van der Waals surface area contributed by atoms with Gasteiger partial charge in [-0.05, 0) is 121 Å². The molecule has 7 aromatic rings. The number of aromatic amines is 1. The third kappa shape index (κ3) is 27.4. The number of aliphatic hydroxyl groups is 1. The monoisotopic (exact) mass is 1800 g/mol. The predicted octanol–water partition coefficient (Wildman–Crippen LogP) is 2.66. The van der Waals surface area contributed by atoms with Gasteiger partial charge in [-0.2, -0.15) is 0 Å². The zero-order chi connectivity index (χ0) is 93.8. The molecule has 6 aromatic carbocycles. The molecule has 15 N–H and O–H groups in total. The number of hydrogen-bond donors (Lipinski definition) is 14. The van der Waals surface area contributed by atoms with Gasteiger partial charge >= 0.3 is 0 Å². The van der Waals surface area contributed by atoms with E-state index in [1.54, 1.807) is 141 Å². The number of thioether (sulfide) groups is 1. The molecular formula is C95H120N16O18S. The molecule has 10 rings (SSSR count). The zero-order valence-corrected chi connectivity index (χ0v) is 75.1. The molecule has 13 atom stereocenters. The number of phenols is 2. The summed E-state index contributed by atoms with van der Waals surface area (Å²) in [6.07, 6.45) is 2.82. The van der Waals surface area contributed by atoms with Crippen molar-refractivity contribution in [1.82, 2.24) is 77.3 Å². The van der Waals surface area contributed by atoms with Crippen LogP contribution < -0.4 is 53.6 Å². The number of para-hydroxylation sites is 1. The number of carbonyl (C=O) groups excluding carboxylic acids is 15. The molecule has 15 amide bonds. The van der Waals surface area contributed by atoms with Crippen LogP contribution in [0.15, 0.2) is 170 Å². The second-order valence-electron chi connectivity index (χ2n) is 33.9. The summed E-state index contributed by atoms with van der Waals surface area (Å²) in [6.45, 7) is 5.09. The van der Waals surface area contributed by atoms with Crippen molar-refractivity contribution in [2.75, 3.05) is 58.9 Å². The Labute approximate surface area is 759 Å². The minimum Gasteiger partial charge on any atom is -0.508 e. The van der Waals surface area contributed by atoms with Crippen LogP contribution in [0.5, 0.6) is 11.5 Å². The quantitative estimate of drug-likeness (QED) is 0.0492. The summed E-state index contributed by atoms with van der Waals surface area (Å²) in [5.74, 6) is -13.9. The van der Waals surface area contributed by atoms with Crippen molar-refractivity contribution in [2.24, 2.45) is 11.7 Å². The Morgan fingerprint density at radius 3 is 1.51 bits per heavy atom. The number of amides is 15. The number of rotatable bonds is 21. The Bertz CT molecular complexity index is 5110. The smallest absolute Gasteiger partial charge is 0.246 e. The highest BCUT2D eigenvalue weighted by Crippen LogP contribution is 2.28. The van der Waals surface area contributed by atoms with Crippen LogP contribution in [-0.2, 0) is 110 Å². The fourth-order valence-corrected chi connectivity index (χ4v) is 17.4. The summed E-state index contributed by atoms with van der Waals surface area (Å²) in [4.78, 5) is 234. The first kappa shape index (κ1) is 99.0. The number of phenolic OH excluding ortho intramolecular Hbond substituents is 2. The van der Waals surface area contributed by atoms with Gasteiger partial charge in [-0.15, -0.1) is 11.8 Å². The van der Waals surface area contributed by atoms with Crippen LogP contribution in [-0.4, -0.2) is 271 Å². The van der Waals surface area contributed by atoms with Gasteiger partial charge in [0.15, 0.2) is 0 Å². The Morgan fingerprint density at radius 1 is 0.469 bits per heavy atom. The molecule has 34 nitrogen and oxygen atoms in total. The summed E-state index contributed by atoms with van der Waals surface area (Å²) in [6, 6.07) is 26.1. The molecule has 1 aromatic heterocycles. The van der Waals surface area contributed by atoms with Crippen LogP contribution in [0.4, 0.5) is 0 Å². The lowest BCUT2D eigenvalue weighted by Gasteiger charge is -2.38. The van der Waals surface area contributed by atoms with Crippen molar-refractivity contribution < 1.29 is 87.2 Å². The zero-order valence-electron chi connectivity index (χ0n) is 74.3. The number of likely N-dealkylation sites (N-methyl/N-ethyl adjacent to an activating group) is 3. The summed E-state index contributed by atoms with van der Waals surface area (Å²) >= 11 is 0.852. The van der Waals surface area contributed by atoms with E-state index in [9.17, 15) is 44.1 Å². The molecule has 0 bridgehead atoms. The number of nitrogens with zero attached hydrogens (tertiary/aromatic N) is 5. The lowest BCUT2D eigenvalue weighted by atomic mass is 9.96. The number of aromatic nitrogens is 1. The first-order valence-corrected chi connectivity index (χ1v) is 45.2. The number of carbonyl (C=O) groups is 15. The molecule has 0 saturated carbocycles. The molecule has 0 spiro atoms. The Hall–Kier alpha value is -13.2. The highest BCUT2D eigenvalue weighted by atomic mass is 32.2. The normalized spacial score (nSPS) is 23.9. The minimum atomic E-state index is -1.72. The number of unbranched alkanes of at least 4 members (excludes halogenated alkanes) is 1. The fraction of sp³-hybridized carbons (Fsp3) is 0.442. The highest BCUT2D eigenvalue weighted by Gasteiger charge is 2.46. The van der Waals surface area contributed by atoms with Crippen molar-refractivity contribution >= 4 is 111 Å². The maximum Gasteiger partial charge on any atom is 0.246 e. The molecule has 3 fully saturated rings. The summed E-state index contributed by atoms with van der Waals surface area (Å²) in [5, 5.41) is 57.0. The van der Waals surface area contributed by atoms with Crippen LogP contribution >= 0.6 is 11.8 Å². The first-order valence-electron chi connectivity index (χ1n) is 44.1. The number of aliphatic hydroxyl groups excluding tert-OH is 1. The number of fused-ring (bicyclic) bond motifs is 3. The third-order valence-corrected chi connectivity index (χ3v) is 24.8. The second-order valence-corrected chi connectivity index (χ2v) is 34.9. The van der Waals surface area contributed by atoms with Crippen LogP contribution in [0.2, 0.25) is 0 Å². The van der Waals surface area contributed by atoms with E-state index >= 15 is 43.2 Å². The largest absolute Gasteiger partial charge is 0.508 e. The Kier molecular flexibility index (Phi) is 36.4. The molecule has 4 heterocycles. The van der Waals surface area contributed by atoms with Gasteiger partial charge in [-0.1, -0.05) is 167 Å². The number of aromatic hydroxyl groups is 2. The molecule has 694 valence electrons. The minimum absolute atomic E-state index is 0.0326. The lowest BCUT2D eigenvalue weighted by molar-refractivity contribution is -0.152. The van der Waals surface area contributed by atoms with E-state index in [2.05, 4.69) is 52.8 Å². The number of H-pyrrole nitrogens is 1. The second kappa shape index (κ2) is 47.8. The SMILES string of the molecule is CCCC[C@H]1C(=O)N2CCC[C@@H]2C(=O)N[C@@H](CO)C(=O)N[C@@H](C)C(=O)N(C)C(Cc2ccccc2)C(=O)N[C@@H](Cc2ccc(O)cc2)C(=O)N2CCCC[C@@H]2C(=O)N[C@@H](Cc2c[nH]c3ccccc23)C(=O)N[C@@H](Cc2ccc(O)cc2)C(=O)N[C@@H](CC(C)C)C(=O)N[C@H](C(=O)NCC(N)=O)CSCC(=O)N[C@@H](Cc2ccccc2)C(=O)N(C)C(Cc2ccccc2)C(=O)N1C. The van der Waals surface area contributed by atoms with Gasteiger partial charge in [-0.3, -0.25) is 71.9 Å². The van der Waals surface area contributed by atoms with Gasteiger partial charge in [0.05, 0.1) is 18.9 Å². The van der Waals surface area contributed by atoms with Crippen molar-refractivity contribution in [3.63, 3.8) is 0 Å². The molecule has 35 heteroatoms. The molecule has 2 unspecified atom stereocenters. The topological polar surface area (TPSA) is 483 Å². The van der Waals surface area contributed by atoms with Crippen LogP contribution in [0, 0.1) is 5.92 Å². The molecule has 0 aliphatic carbocycles. The maximum absolute atomic E-state index is 15.8. The Balaban J connectivity index is 1.03. The van der Waals surface area contributed by atoms with Crippen LogP contribution in [0.1, 0.15) is 119 Å². The van der Waals surface area contributed by atoms with E-state index in [1.165, 1.54) is 84.1 Å². The average Bonchev–Trinajstić information content (AvgIpc) is 1.84. The molecular weight excluding hydrogens is 1690 g/mol. The lowest BCUT2D eigenvalue weighted by Crippen LogP contribution is -2.62. The summed E-state index contributed by atoms with van der Waals surface area (Å²) in [7, 11) is 4.17. The number of benzene rings is 6. The van der Waals surface area contributed by atoms with Gasteiger partial charge in [0, 0.05) is 95.6 Å². The van der Waals surface area contributed by atoms with Gasteiger partial charge in [0.2, 0.25) is 88.6 Å². The van der Waals surface area contributed by atoms with E-state index in [1.807, 2.05) is 13.0 Å². The Morgan fingerprint density at radius 2 is 0.931 bits per heavy atom. The maximum atomic E-state index is 15.8. The standard InChI is InChI=1S/C95H120N16O18S/c1-8-9-32-78-95(129)111-44-23-34-77(111)89(123)105-74(54-112)87(121)99-58(4)91(125)108(6)79(49-60-26-15-11-16-27-60)90(124)104-73(48-63-37-41-66(114)42-38-63)93(127)110-43-22-21-33-76(110)88(122)103-71(51-64-52-97-68-31-20-19-30-67(64)68)86(120)102-70(46-62-35-39-65(113)40-36-62)85(119)101-69(45-57(2)3)84(118)106-75(83(117)98-53-81(96)115)55-130-56-82(116)100-72(47-59-24-13-10-14-25-59)92(126)109(7)80(94(128)107(78)5)50-61-28-17-12-18-29-61/h10-20,24-31,35-42,52,57-58,69-80,97,112-114H,8-9,21-23,32-34,43-51,53-56H2,1-7H3,(H2,96,115)(H,98,117)(H,99,121)(H,100,116)(H,101,119)(H,102,120)(H,103,122)(H,104,124)(H,105,123)(H,106,118)/t58-,69-,70-,71-,72-,73-,74-,75-,76+,77+,78-,79?,80?/m0/s1. The van der Waals surface area contributed by atoms with E-state index in [0.29, 0.717) is 76.4 Å². The highest BCUT2D eigenvalue weighted by molar-refractivity contribution is 8.00. The van der Waals surface area contributed by atoms with E-state index in [0.717, 1.165) is 16.7 Å². The number of nitrogens with one attached hydrogen (secondary N) is 10. The third-order valence-electron chi connectivity index (χ3n) is 23.7. The van der Waals surface area contributed by atoms with E-state index < -0.39 is 186 Å².